The SMILES string of the molecule is NCCN(Cc1ccccc1)Cc1ccc(Br)c([N+](=O)[O-])c1. The molecule has 0 fully saturated rings. The minimum Gasteiger partial charge on any atom is -0.329 e. The number of nitro groups is 1. The van der Waals surface area contributed by atoms with Gasteiger partial charge in [-0.15, -0.1) is 0 Å². The van der Waals surface area contributed by atoms with E-state index in [1.54, 1.807) is 12.1 Å². The Bertz CT molecular complexity index is 635. The summed E-state index contributed by atoms with van der Waals surface area (Å²) in [5.74, 6) is 0. The Labute approximate surface area is 138 Å². The number of hydrogen-bond acceptors (Lipinski definition) is 4. The second kappa shape index (κ2) is 8.03. The number of benzene rings is 2. The summed E-state index contributed by atoms with van der Waals surface area (Å²) in [7, 11) is 0. The summed E-state index contributed by atoms with van der Waals surface area (Å²) in [4.78, 5) is 12.8. The first-order valence-corrected chi connectivity index (χ1v) is 7.78. The molecule has 0 atom stereocenters. The zero-order valence-corrected chi connectivity index (χ0v) is 13.7. The van der Waals surface area contributed by atoms with Crippen LogP contribution >= 0.6 is 15.9 Å². The van der Waals surface area contributed by atoms with E-state index >= 15 is 0 Å². The normalized spacial score (nSPS) is 10.9. The molecule has 2 aromatic carbocycles. The smallest absolute Gasteiger partial charge is 0.283 e. The third kappa shape index (κ3) is 4.62. The van der Waals surface area contributed by atoms with Crippen molar-refractivity contribution in [2.45, 2.75) is 13.1 Å². The fourth-order valence-corrected chi connectivity index (χ4v) is 2.68. The second-order valence-corrected chi connectivity index (χ2v) is 5.88. The predicted octanol–water partition coefficient (Wildman–Crippen LogP) is 3.32. The maximum absolute atomic E-state index is 11.0. The van der Waals surface area contributed by atoms with Gasteiger partial charge in [0.25, 0.3) is 5.69 Å². The highest BCUT2D eigenvalue weighted by molar-refractivity contribution is 9.10. The van der Waals surface area contributed by atoms with E-state index in [9.17, 15) is 10.1 Å². The number of rotatable bonds is 7. The van der Waals surface area contributed by atoms with E-state index in [4.69, 9.17) is 5.73 Å². The first-order chi connectivity index (χ1) is 10.6. The van der Waals surface area contributed by atoms with Crippen molar-refractivity contribution in [1.29, 1.82) is 0 Å². The molecular weight excluding hydrogens is 346 g/mol. The summed E-state index contributed by atoms with van der Waals surface area (Å²) >= 11 is 3.21. The van der Waals surface area contributed by atoms with Crippen LogP contribution in [0.15, 0.2) is 53.0 Å². The van der Waals surface area contributed by atoms with E-state index < -0.39 is 0 Å². The summed E-state index contributed by atoms with van der Waals surface area (Å²) in [5.41, 5.74) is 7.87. The molecule has 6 heteroatoms. The van der Waals surface area contributed by atoms with E-state index in [0.717, 1.165) is 18.7 Å². The minimum absolute atomic E-state index is 0.0879. The molecule has 0 saturated heterocycles. The Morgan fingerprint density at radius 3 is 2.41 bits per heavy atom. The van der Waals surface area contributed by atoms with Crippen molar-refractivity contribution >= 4 is 21.6 Å². The summed E-state index contributed by atoms with van der Waals surface area (Å²) in [6.45, 7) is 2.67. The largest absolute Gasteiger partial charge is 0.329 e. The Balaban J connectivity index is 2.14. The molecule has 0 heterocycles. The number of halogens is 1. The van der Waals surface area contributed by atoms with Crippen LogP contribution in [0.2, 0.25) is 0 Å². The zero-order valence-electron chi connectivity index (χ0n) is 12.1. The van der Waals surface area contributed by atoms with Crippen LogP contribution in [0, 0.1) is 10.1 Å². The van der Waals surface area contributed by atoms with Crippen molar-refractivity contribution in [3.63, 3.8) is 0 Å². The summed E-state index contributed by atoms with van der Waals surface area (Å²) < 4.78 is 0.495. The molecule has 0 aromatic heterocycles. The Kier molecular flexibility index (Phi) is 6.06. The first-order valence-electron chi connectivity index (χ1n) is 6.99. The molecule has 116 valence electrons. The standard InChI is InChI=1S/C16H18BrN3O2/c17-15-7-6-14(10-16(15)20(21)22)12-19(9-8-18)11-13-4-2-1-3-5-13/h1-7,10H,8-9,11-12,18H2. The van der Waals surface area contributed by atoms with Gasteiger partial charge in [0.15, 0.2) is 0 Å². The fourth-order valence-electron chi connectivity index (χ4n) is 2.29. The van der Waals surface area contributed by atoms with Crippen LogP contribution in [0.25, 0.3) is 0 Å². The van der Waals surface area contributed by atoms with E-state index in [1.165, 1.54) is 5.56 Å². The molecule has 2 rings (SSSR count). The van der Waals surface area contributed by atoms with Crippen LogP contribution in [0.5, 0.6) is 0 Å². The number of nitrogens with zero attached hydrogens (tertiary/aromatic N) is 2. The Morgan fingerprint density at radius 1 is 1.09 bits per heavy atom. The number of nitro benzene ring substituents is 1. The summed E-state index contributed by atoms with van der Waals surface area (Å²) in [6, 6.07) is 15.3. The molecule has 0 saturated carbocycles. The van der Waals surface area contributed by atoms with Crippen molar-refractivity contribution in [2.24, 2.45) is 5.73 Å². The third-order valence-electron chi connectivity index (χ3n) is 3.31. The average Bonchev–Trinajstić information content (AvgIpc) is 2.50. The van der Waals surface area contributed by atoms with Crippen molar-refractivity contribution in [2.75, 3.05) is 13.1 Å². The number of nitrogens with two attached hydrogens (primary N) is 1. The lowest BCUT2D eigenvalue weighted by atomic mass is 10.1. The quantitative estimate of drug-likeness (QED) is 0.604. The molecule has 22 heavy (non-hydrogen) atoms. The molecule has 2 N–H and O–H groups in total. The lowest BCUT2D eigenvalue weighted by molar-refractivity contribution is -0.385. The minimum atomic E-state index is -0.377. The first kappa shape index (κ1) is 16.6. The molecule has 0 aliphatic rings. The average molecular weight is 364 g/mol. The highest BCUT2D eigenvalue weighted by Crippen LogP contribution is 2.26. The van der Waals surface area contributed by atoms with Gasteiger partial charge in [0.1, 0.15) is 0 Å². The monoisotopic (exact) mass is 363 g/mol. The van der Waals surface area contributed by atoms with E-state index in [0.29, 0.717) is 17.6 Å². The molecule has 2 aromatic rings. The van der Waals surface area contributed by atoms with Gasteiger partial charge in [0, 0.05) is 32.2 Å². The van der Waals surface area contributed by atoms with Gasteiger partial charge in [0.05, 0.1) is 9.40 Å². The van der Waals surface area contributed by atoms with Gasteiger partial charge >= 0.3 is 0 Å². The lowest BCUT2D eigenvalue weighted by Gasteiger charge is -2.21. The third-order valence-corrected chi connectivity index (χ3v) is 3.98. The summed E-state index contributed by atoms with van der Waals surface area (Å²) in [6.07, 6.45) is 0. The molecule has 0 radical (unpaired) electrons. The van der Waals surface area contributed by atoms with Crippen LogP contribution < -0.4 is 5.73 Å². The predicted molar refractivity (Wildman–Crippen MR) is 90.4 cm³/mol. The van der Waals surface area contributed by atoms with Crippen LogP contribution in [-0.2, 0) is 13.1 Å². The lowest BCUT2D eigenvalue weighted by Crippen LogP contribution is -2.28. The van der Waals surface area contributed by atoms with Crippen molar-refractivity contribution in [3.8, 4) is 0 Å². The Morgan fingerprint density at radius 2 is 1.77 bits per heavy atom. The molecule has 0 amide bonds. The highest BCUT2D eigenvalue weighted by Gasteiger charge is 2.14. The maximum Gasteiger partial charge on any atom is 0.283 e. The second-order valence-electron chi connectivity index (χ2n) is 5.03. The van der Waals surface area contributed by atoms with Gasteiger partial charge in [-0.3, -0.25) is 15.0 Å². The van der Waals surface area contributed by atoms with Gasteiger partial charge < -0.3 is 5.73 Å². The van der Waals surface area contributed by atoms with Gasteiger partial charge in [-0.05, 0) is 33.1 Å². The number of hydrogen-bond donors (Lipinski definition) is 1. The van der Waals surface area contributed by atoms with Gasteiger partial charge in [-0.2, -0.15) is 0 Å². The highest BCUT2D eigenvalue weighted by atomic mass is 79.9. The van der Waals surface area contributed by atoms with Crippen LogP contribution in [0.4, 0.5) is 5.69 Å². The summed E-state index contributed by atoms with van der Waals surface area (Å²) in [5, 5.41) is 11.0. The fraction of sp³-hybridized carbons (Fsp3) is 0.250. The molecule has 0 spiro atoms. The van der Waals surface area contributed by atoms with E-state index in [2.05, 4.69) is 33.0 Å². The Hall–Kier alpha value is -1.76. The van der Waals surface area contributed by atoms with Crippen LogP contribution in [0.1, 0.15) is 11.1 Å². The molecular formula is C16H18BrN3O2. The van der Waals surface area contributed by atoms with Crippen LogP contribution in [-0.4, -0.2) is 22.9 Å². The van der Waals surface area contributed by atoms with E-state index in [-0.39, 0.29) is 10.6 Å². The van der Waals surface area contributed by atoms with E-state index in [1.807, 2.05) is 24.3 Å². The molecule has 0 unspecified atom stereocenters. The molecule has 0 bridgehead atoms. The maximum atomic E-state index is 11.0. The van der Waals surface area contributed by atoms with Crippen molar-refractivity contribution in [3.05, 3.63) is 74.2 Å². The zero-order chi connectivity index (χ0) is 15.9. The molecule has 0 aliphatic heterocycles. The topological polar surface area (TPSA) is 72.4 Å². The molecule has 0 aliphatic carbocycles. The molecule has 5 nitrogen and oxygen atoms in total. The van der Waals surface area contributed by atoms with Crippen molar-refractivity contribution < 1.29 is 4.92 Å². The van der Waals surface area contributed by atoms with Gasteiger partial charge in [0.2, 0.25) is 0 Å². The van der Waals surface area contributed by atoms with Gasteiger partial charge in [-0.25, -0.2) is 0 Å². The van der Waals surface area contributed by atoms with Gasteiger partial charge in [-0.1, -0.05) is 36.4 Å². The van der Waals surface area contributed by atoms with Crippen LogP contribution in [0.3, 0.4) is 0 Å². The van der Waals surface area contributed by atoms with Crippen molar-refractivity contribution in [1.82, 2.24) is 4.90 Å².